The molecule has 0 rings (SSSR count). The average Bonchev–Trinajstić information content (AvgIpc) is 2.40. The van der Waals surface area contributed by atoms with Crippen LogP contribution in [-0.4, -0.2) is 46.7 Å². The lowest BCUT2D eigenvalue weighted by Crippen LogP contribution is -2.52. The van der Waals surface area contributed by atoms with Crippen molar-refractivity contribution in [2.24, 2.45) is 0 Å². The number of nitrogens with one attached hydrogen (secondary N) is 1. The topological polar surface area (TPSA) is 52.6 Å². The van der Waals surface area contributed by atoms with Gasteiger partial charge in [-0.1, -0.05) is 20.3 Å². The molecule has 0 radical (unpaired) electrons. The highest BCUT2D eigenvalue weighted by Gasteiger charge is 2.33. The second-order valence-corrected chi connectivity index (χ2v) is 6.69. The maximum atomic E-state index is 11.5. The Morgan fingerprint density at radius 3 is 2.19 bits per heavy atom. The van der Waals surface area contributed by atoms with E-state index in [0.29, 0.717) is 12.5 Å². The Kier molecular flexibility index (Phi) is 9.88. The van der Waals surface area contributed by atoms with Crippen molar-refractivity contribution in [1.29, 1.82) is 0 Å². The van der Waals surface area contributed by atoms with Crippen LogP contribution in [0, 0.1) is 0 Å². The Labute approximate surface area is 131 Å². The van der Waals surface area contributed by atoms with Gasteiger partial charge in [-0.05, 0) is 66.5 Å². The Balaban J connectivity index is 4.46. The second kappa shape index (κ2) is 10.2. The molecule has 4 heteroatoms. The summed E-state index contributed by atoms with van der Waals surface area (Å²) in [7, 11) is 0. The van der Waals surface area contributed by atoms with E-state index in [1.54, 1.807) is 6.92 Å². The molecule has 2 N–H and O–H groups in total. The number of hydrogen-bond acceptors (Lipinski definition) is 3. The zero-order chi connectivity index (χ0) is 16.5. The molecule has 0 bridgehead atoms. The first-order valence-corrected chi connectivity index (χ1v) is 8.52. The highest BCUT2D eigenvalue weighted by Crippen LogP contribution is 2.16. The molecule has 0 amide bonds. The normalized spacial score (nSPS) is 16.2. The van der Waals surface area contributed by atoms with Gasteiger partial charge < -0.3 is 10.0 Å². The van der Waals surface area contributed by atoms with Gasteiger partial charge >= 0.3 is 5.97 Å². The van der Waals surface area contributed by atoms with Crippen LogP contribution >= 0.6 is 0 Å². The van der Waals surface area contributed by atoms with Gasteiger partial charge in [0.1, 0.15) is 5.54 Å². The van der Waals surface area contributed by atoms with Crippen molar-refractivity contribution < 1.29 is 9.90 Å². The maximum absolute atomic E-state index is 11.5. The number of hydrogen-bond donors (Lipinski definition) is 2. The minimum Gasteiger partial charge on any atom is -0.480 e. The molecule has 21 heavy (non-hydrogen) atoms. The molecule has 0 fully saturated rings. The molecule has 0 aromatic heterocycles. The van der Waals surface area contributed by atoms with Crippen LogP contribution in [0.1, 0.15) is 73.6 Å². The van der Waals surface area contributed by atoms with Crippen molar-refractivity contribution in [3.8, 4) is 0 Å². The van der Waals surface area contributed by atoms with Gasteiger partial charge in [0, 0.05) is 12.1 Å². The quantitative estimate of drug-likeness (QED) is 0.579. The van der Waals surface area contributed by atoms with Gasteiger partial charge in [0.15, 0.2) is 0 Å². The number of unbranched alkanes of at least 4 members (excludes halogenated alkanes) is 1. The van der Waals surface area contributed by atoms with Crippen molar-refractivity contribution >= 4 is 5.97 Å². The van der Waals surface area contributed by atoms with Gasteiger partial charge in [0.25, 0.3) is 0 Å². The molecule has 0 heterocycles. The fourth-order valence-corrected chi connectivity index (χ4v) is 2.69. The van der Waals surface area contributed by atoms with Gasteiger partial charge in [-0.15, -0.1) is 0 Å². The summed E-state index contributed by atoms with van der Waals surface area (Å²) in [6, 6.07) is 0.752. The molecule has 126 valence electrons. The molecule has 4 nitrogen and oxygen atoms in total. The number of carbonyl (C=O) groups is 1. The zero-order valence-electron chi connectivity index (χ0n) is 14.9. The van der Waals surface area contributed by atoms with E-state index >= 15 is 0 Å². The summed E-state index contributed by atoms with van der Waals surface area (Å²) >= 11 is 0. The van der Waals surface area contributed by atoms with E-state index in [2.05, 4.69) is 31.0 Å². The second-order valence-electron chi connectivity index (χ2n) is 6.69. The SMILES string of the molecule is CCCCN(CCCC(C)(NC(C)C)C(=O)O)C(C)CC. The van der Waals surface area contributed by atoms with Gasteiger partial charge in [-0.2, -0.15) is 0 Å². The number of aliphatic carboxylic acids is 1. The number of rotatable bonds is 12. The van der Waals surface area contributed by atoms with E-state index in [1.807, 2.05) is 13.8 Å². The van der Waals surface area contributed by atoms with Crippen LogP contribution in [0.15, 0.2) is 0 Å². The fraction of sp³-hybridized carbons (Fsp3) is 0.941. The standard InChI is InChI=1S/C17H36N2O2/c1-7-9-12-19(15(5)8-2)13-10-11-17(6,16(20)21)18-14(3)4/h14-15,18H,7-13H2,1-6H3,(H,20,21). The monoisotopic (exact) mass is 300 g/mol. The van der Waals surface area contributed by atoms with Gasteiger partial charge in [0.05, 0.1) is 0 Å². The summed E-state index contributed by atoms with van der Waals surface area (Å²) in [6.07, 6.45) is 5.14. The van der Waals surface area contributed by atoms with Crippen molar-refractivity contribution in [1.82, 2.24) is 10.2 Å². The van der Waals surface area contributed by atoms with Gasteiger partial charge in [0.2, 0.25) is 0 Å². The minimum absolute atomic E-state index is 0.178. The summed E-state index contributed by atoms with van der Waals surface area (Å²) in [5, 5.41) is 12.7. The van der Waals surface area contributed by atoms with E-state index in [1.165, 1.54) is 12.8 Å². The third kappa shape index (κ3) is 7.82. The third-order valence-electron chi connectivity index (χ3n) is 4.21. The molecule has 0 aliphatic heterocycles. The Bertz CT molecular complexity index is 295. The van der Waals surface area contributed by atoms with Gasteiger partial charge in [-0.3, -0.25) is 10.1 Å². The lowest BCUT2D eigenvalue weighted by molar-refractivity contribution is -0.144. The number of carboxylic acids is 1. The molecule has 0 saturated carbocycles. The molecule has 0 aliphatic carbocycles. The van der Waals surface area contributed by atoms with Crippen molar-refractivity contribution in [3.05, 3.63) is 0 Å². The predicted octanol–water partition coefficient (Wildman–Crippen LogP) is 3.51. The summed E-state index contributed by atoms with van der Waals surface area (Å²) in [6.45, 7) is 14.6. The largest absolute Gasteiger partial charge is 0.480 e. The molecule has 0 aliphatic rings. The zero-order valence-corrected chi connectivity index (χ0v) is 14.9. The molecule has 0 spiro atoms. The van der Waals surface area contributed by atoms with Gasteiger partial charge in [-0.25, -0.2) is 0 Å². The number of carboxylic acid groups (broad SMARTS) is 1. The summed E-state index contributed by atoms with van der Waals surface area (Å²) in [5.74, 6) is -0.750. The Hall–Kier alpha value is -0.610. The van der Waals surface area contributed by atoms with Crippen LogP contribution in [0.2, 0.25) is 0 Å². The summed E-state index contributed by atoms with van der Waals surface area (Å²) in [4.78, 5) is 14.0. The summed E-state index contributed by atoms with van der Waals surface area (Å²) < 4.78 is 0. The van der Waals surface area contributed by atoms with Crippen LogP contribution < -0.4 is 5.32 Å². The first-order valence-electron chi connectivity index (χ1n) is 8.52. The molecule has 0 saturated heterocycles. The van der Waals surface area contributed by atoms with Crippen LogP contribution in [0.3, 0.4) is 0 Å². The smallest absolute Gasteiger partial charge is 0.323 e. The Morgan fingerprint density at radius 2 is 1.76 bits per heavy atom. The highest BCUT2D eigenvalue weighted by atomic mass is 16.4. The van der Waals surface area contributed by atoms with E-state index < -0.39 is 11.5 Å². The highest BCUT2D eigenvalue weighted by molar-refractivity contribution is 5.78. The van der Waals surface area contributed by atoms with Crippen molar-refractivity contribution in [2.75, 3.05) is 13.1 Å². The predicted molar refractivity (Wildman–Crippen MR) is 89.8 cm³/mol. The van der Waals surface area contributed by atoms with Crippen LogP contribution in [0.5, 0.6) is 0 Å². The molecule has 2 unspecified atom stereocenters. The maximum Gasteiger partial charge on any atom is 0.323 e. The van der Waals surface area contributed by atoms with Crippen LogP contribution in [0.25, 0.3) is 0 Å². The molecular weight excluding hydrogens is 264 g/mol. The average molecular weight is 300 g/mol. The van der Waals surface area contributed by atoms with Crippen LogP contribution in [0.4, 0.5) is 0 Å². The van der Waals surface area contributed by atoms with E-state index in [9.17, 15) is 9.90 Å². The number of nitrogens with zero attached hydrogens (tertiary/aromatic N) is 1. The third-order valence-corrected chi connectivity index (χ3v) is 4.21. The lowest BCUT2D eigenvalue weighted by Gasteiger charge is -2.32. The molecule has 0 aromatic carbocycles. The first kappa shape index (κ1) is 20.4. The van der Waals surface area contributed by atoms with E-state index in [4.69, 9.17) is 0 Å². The van der Waals surface area contributed by atoms with E-state index in [-0.39, 0.29) is 6.04 Å². The lowest BCUT2D eigenvalue weighted by atomic mass is 9.94. The van der Waals surface area contributed by atoms with Crippen molar-refractivity contribution in [2.45, 2.75) is 91.3 Å². The Morgan fingerprint density at radius 1 is 1.19 bits per heavy atom. The summed E-state index contributed by atoms with van der Waals surface area (Å²) in [5.41, 5.74) is -0.819. The first-order chi connectivity index (χ1) is 9.76. The molecular formula is C17H36N2O2. The van der Waals surface area contributed by atoms with Crippen LogP contribution in [-0.2, 0) is 4.79 Å². The molecule has 2 atom stereocenters. The van der Waals surface area contributed by atoms with E-state index in [0.717, 1.165) is 25.9 Å². The molecule has 0 aromatic rings. The minimum atomic E-state index is -0.819. The fourth-order valence-electron chi connectivity index (χ4n) is 2.69. The van der Waals surface area contributed by atoms with Crippen molar-refractivity contribution in [3.63, 3.8) is 0 Å².